The average Bonchev–Trinajstić information content (AvgIpc) is 1.58. The number of oxazole rings is 3. The summed E-state index contributed by atoms with van der Waals surface area (Å²) in [5, 5.41) is 6.17. The van der Waals surface area contributed by atoms with Crippen LogP contribution in [0.25, 0.3) is 252 Å². The van der Waals surface area contributed by atoms with Gasteiger partial charge in [0.2, 0.25) is 23.6 Å². The molecule has 0 fully saturated rings. The molecule has 0 radical (unpaired) electrons. The number of nitrogens with zero attached hydrogens (tertiary/aromatic N) is 17. The minimum atomic E-state index is 0.566. The molecule has 648 valence electrons. The lowest BCUT2D eigenvalue weighted by Gasteiger charge is -2.13. The van der Waals surface area contributed by atoms with Crippen LogP contribution in [-0.2, 0) is 0 Å². The molecule has 27 rings (SSSR count). The standard InChI is InChI=1S/C40H25N5O.2C39H24N6O/c1-2-6-30(7-3-1)40-44-33-14-15-36-38(39(33)46-40)32-8-4-5-9-35(32)45(36)37-25-31(24-34(43-37)29-18-22-42-23-19-29)27-12-10-26(11-13-27)28-16-20-41-21-17-28;1-2-6-29(7-3-1)38-42-31-14-15-35-36(37(31)46-38)30-8-4-5-9-34(30)45(35)39-43-32(24-33(44-39)28-18-22-41-23-19-28)27-12-10-25(11-13-27)26-16-20-40-21-17-26;1-2-6-29(7-3-1)39-43-31-14-15-34-36(37(31)46-39)30-8-4-5-9-33(30)45(34)35-24-32(42-38(44-35)28-18-22-41-23-19-28)27-12-10-25(11-13-27)26-16-20-40-21-17-26/h1-25H;2*1-24H. The minimum absolute atomic E-state index is 0.566. The number of fused-ring (bicyclic) bond motifs is 15. The van der Waals surface area contributed by atoms with Crippen molar-refractivity contribution in [1.29, 1.82) is 0 Å². The second kappa shape index (κ2) is 34.8. The van der Waals surface area contributed by atoms with Crippen LogP contribution in [0.1, 0.15) is 0 Å². The van der Waals surface area contributed by atoms with Crippen LogP contribution in [-0.4, -0.2) is 83.5 Å². The molecular weight excluding hydrogens is 1700 g/mol. The van der Waals surface area contributed by atoms with E-state index in [1.807, 2.05) is 243 Å². The van der Waals surface area contributed by atoms with Gasteiger partial charge < -0.3 is 13.3 Å². The van der Waals surface area contributed by atoms with Gasteiger partial charge in [0.25, 0.3) is 0 Å². The molecule has 20 heteroatoms. The lowest BCUT2D eigenvalue weighted by molar-refractivity contribution is 0.622. The fourth-order valence-corrected chi connectivity index (χ4v) is 18.4. The zero-order chi connectivity index (χ0) is 91.4. The van der Waals surface area contributed by atoms with E-state index < -0.39 is 0 Å². The third-order valence-electron chi connectivity index (χ3n) is 25.0. The van der Waals surface area contributed by atoms with Crippen molar-refractivity contribution in [3.8, 4) is 153 Å². The largest absolute Gasteiger partial charge is 0.435 e. The highest BCUT2D eigenvalue weighted by molar-refractivity contribution is 6.22. The van der Waals surface area contributed by atoms with E-state index in [9.17, 15) is 0 Å². The smallest absolute Gasteiger partial charge is 0.235 e. The molecule has 15 heterocycles. The van der Waals surface area contributed by atoms with Crippen LogP contribution in [0.15, 0.2) is 458 Å². The number of pyridine rings is 7. The Morgan fingerprint density at radius 3 is 0.833 bits per heavy atom. The van der Waals surface area contributed by atoms with Crippen LogP contribution >= 0.6 is 0 Å². The Balaban J connectivity index is 0.000000110. The molecule has 0 atom stereocenters. The van der Waals surface area contributed by atoms with Crippen molar-refractivity contribution in [2.75, 3.05) is 0 Å². The third-order valence-corrected chi connectivity index (χ3v) is 25.0. The first-order valence-corrected chi connectivity index (χ1v) is 45.1. The van der Waals surface area contributed by atoms with E-state index in [2.05, 4.69) is 207 Å². The van der Waals surface area contributed by atoms with Crippen LogP contribution < -0.4 is 0 Å². The molecule has 138 heavy (non-hydrogen) atoms. The van der Waals surface area contributed by atoms with E-state index in [1.54, 1.807) is 37.2 Å². The first-order chi connectivity index (χ1) is 68.4. The monoisotopic (exact) mass is 1780 g/mol. The third kappa shape index (κ3) is 15.0. The molecule has 0 aliphatic heterocycles. The molecule has 0 N–H and O–H groups in total. The molecule has 0 spiro atoms. The van der Waals surface area contributed by atoms with E-state index in [1.165, 1.54) is 0 Å². The second-order valence-corrected chi connectivity index (χ2v) is 33.3. The highest BCUT2D eigenvalue weighted by atomic mass is 16.4. The summed E-state index contributed by atoms with van der Waals surface area (Å²) in [5.41, 5.74) is 30.5. The topological polar surface area (TPSA) is 235 Å². The molecule has 0 bridgehead atoms. The maximum Gasteiger partial charge on any atom is 0.235 e. The highest BCUT2D eigenvalue weighted by Crippen LogP contribution is 2.45. The van der Waals surface area contributed by atoms with Crippen LogP contribution in [0.2, 0.25) is 0 Å². The summed E-state index contributed by atoms with van der Waals surface area (Å²) in [7, 11) is 0. The number of hydrogen-bond donors (Lipinski definition) is 0. The molecule has 0 aliphatic carbocycles. The van der Waals surface area contributed by atoms with Crippen molar-refractivity contribution in [2.24, 2.45) is 0 Å². The van der Waals surface area contributed by atoms with Gasteiger partial charge in [0.15, 0.2) is 22.6 Å². The molecule has 20 nitrogen and oxygen atoms in total. The van der Waals surface area contributed by atoms with Gasteiger partial charge in [-0.2, -0.15) is 0 Å². The number of para-hydroxylation sites is 3. The van der Waals surface area contributed by atoms with Gasteiger partial charge in [-0.25, -0.2) is 39.9 Å². The Bertz CT molecular complexity index is 8360. The van der Waals surface area contributed by atoms with E-state index in [-0.39, 0.29) is 0 Å². The predicted octanol–water partition coefficient (Wildman–Crippen LogP) is 28.1. The van der Waals surface area contributed by atoms with E-state index >= 15 is 0 Å². The molecular formula is C118H73N17O3. The van der Waals surface area contributed by atoms with Gasteiger partial charge >= 0.3 is 0 Å². The molecule has 12 aromatic carbocycles. The summed E-state index contributed by atoms with van der Waals surface area (Å²) in [6.45, 7) is 0. The molecule has 0 unspecified atom stereocenters. The molecule has 0 saturated heterocycles. The minimum Gasteiger partial charge on any atom is -0.435 e. The SMILES string of the molecule is c1ccc(-c2nc3ccc4c(c5ccccc5n4-c4cc(-c5ccc(-c6ccncc6)cc5)cc(-c5ccncc5)n4)c3o2)cc1.c1ccc(-c2nc3ccc4c(c5ccccc5n4-c4cc(-c5ccc(-c6ccncc6)cc5)nc(-c5ccncc5)n4)c3o2)cc1.c1ccc(-c2nc3ccc4c(c5ccccc5n4-c4nc(-c5ccncc5)cc(-c5ccc(-c6ccncc6)cc5)n4)c3o2)cc1. The van der Waals surface area contributed by atoms with Crippen molar-refractivity contribution in [1.82, 2.24) is 83.5 Å². The van der Waals surface area contributed by atoms with E-state index in [4.69, 9.17) is 53.1 Å². The molecule has 15 aromatic heterocycles. The Morgan fingerprint density at radius 2 is 0.457 bits per heavy atom. The molecule has 0 saturated carbocycles. The normalized spacial score (nSPS) is 11.5. The van der Waals surface area contributed by atoms with E-state index in [0.717, 1.165) is 222 Å². The van der Waals surface area contributed by atoms with Crippen molar-refractivity contribution in [3.63, 3.8) is 0 Å². The maximum atomic E-state index is 6.50. The van der Waals surface area contributed by atoms with Crippen molar-refractivity contribution in [3.05, 3.63) is 444 Å². The number of benzene rings is 12. The molecule has 0 aliphatic rings. The van der Waals surface area contributed by atoms with Crippen molar-refractivity contribution >= 4 is 98.7 Å². The van der Waals surface area contributed by atoms with Gasteiger partial charge in [-0.15, -0.1) is 0 Å². The summed E-state index contributed by atoms with van der Waals surface area (Å²) in [5.74, 6) is 4.55. The fraction of sp³-hybridized carbons (Fsp3) is 0. The summed E-state index contributed by atoms with van der Waals surface area (Å²) in [6, 6.07) is 125. The van der Waals surface area contributed by atoms with Crippen LogP contribution in [0.4, 0.5) is 0 Å². The number of rotatable bonds is 15. The van der Waals surface area contributed by atoms with Crippen LogP contribution in [0, 0.1) is 0 Å². The summed E-state index contributed by atoms with van der Waals surface area (Å²) in [4.78, 5) is 65.5. The maximum absolute atomic E-state index is 6.50. The molecule has 27 aromatic rings. The Morgan fingerprint density at radius 1 is 0.174 bits per heavy atom. The van der Waals surface area contributed by atoms with Gasteiger partial charge in [-0.05, 0) is 226 Å². The first-order valence-electron chi connectivity index (χ1n) is 45.1. The lowest BCUT2D eigenvalue weighted by Crippen LogP contribution is -2.04. The lowest BCUT2D eigenvalue weighted by atomic mass is 10.00. The van der Waals surface area contributed by atoms with Crippen molar-refractivity contribution in [2.45, 2.75) is 0 Å². The second-order valence-electron chi connectivity index (χ2n) is 33.3. The van der Waals surface area contributed by atoms with Gasteiger partial charge in [-0.3, -0.25) is 43.6 Å². The first kappa shape index (κ1) is 80.7. The van der Waals surface area contributed by atoms with Gasteiger partial charge in [0, 0.05) is 141 Å². The predicted molar refractivity (Wildman–Crippen MR) is 546 cm³/mol. The summed E-state index contributed by atoms with van der Waals surface area (Å²) >= 11 is 0. The Labute approximate surface area is 787 Å². The Kier molecular flexibility index (Phi) is 20.3. The Hall–Kier alpha value is -19.3. The van der Waals surface area contributed by atoms with Crippen LogP contribution in [0.5, 0.6) is 0 Å². The average molecular weight is 1780 g/mol. The van der Waals surface area contributed by atoms with Crippen LogP contribution in [0.3, 0.4) is 0 Å². The summed E-state index contributed by atoms with van der Waals surface area (Å²) in [6.07, 6.45) is 21.6. The number of aromatic nitrogens is 17. The highest BCUT2D eigenvalue weighted by Gasteiger charge is 2.27. The zero-order valence-corrected chi connectivity index (χ0v) is 73.5. The van der Waals surface area contributed by atoms with Gasteiger partial charge in [-0.1, -0.05) is 182 Å². The zero-order valence-electron chi connectivity index (χ0n) is 73.5. The fourth-order valence-electron chi connectivity index (χ4n) is 18.4. The van der Waals surface area contributed by atoms with Crippen molar-refractivity contribution < 1.29 is 13.3 Å². The molecule has 0 amide bonds. The quantitative estimate of drug-likeness (QED) is 0.0927. The number of hydrogen-bond acceptors (Lipinski definition) is 17. The van der Waals surface area contributed by atoms with Gasteiger partial charge in [0.1, 0.15) is 28.2 Å². The summed E-state index contributed by atoms with van der Waals surface area (Å²) < 4.78 is 26.0. The van der Waals surface area contributed by atoms with E-state index in [0.29, 0.717) is 29.4 Å². The van der Waals surface area contributed by atoms with Gasteiger partial charge in [0.05, 0.1) is 72.0 Å².